The Morgan fingerprint density at radius 1 is 1.21 bits per heavy atom. The molecule has 0 fully saturated rings. The van der Waals surface area contributed by atoms with Crippen molar-refractivity contribution in [3.63, 3.8) is 0 Å². The van der Waals surface area contributed by atoms with E-state index in [-0.39, 0.29) is 18.6 Å². The molecule has 1 N–H and O–H groups in total. The van der Waals surface area contributed by atoms with E-state index in [1.807, 2.05) is 6.92 Å². The van der Waals surface area contributed by atoms with Crippen molar-refractivity contribution in [2.24, 2.45) is 0 Å². The second kappa shape index (κ2) is 8.29. The number of amides is 1. The minimum Gasteiger partial charge on any atom is -0.483 e. The second-order valence-electron chi connectivity index (χ2n) is 6.05. The van der Waals surface area contributed by atoms with E-state index in [2.05, 4.69) is 37.4 Å². The molecule has 126 valence electrons. The van der Waals surface area contributed by atoms with E-state index in [0.29, 0.717) is 11.3 Å². The molecule has 0 spiro atoms. The zero-order chi connectivity index (χ0) is 17.5. The van der Waals surface area contributed by atoms with E-state index in [4.69, 9.17) is 4.74 Å². The van der Waals surface area contributed by atoms with Crippen LogP contribution < -0.4 is 10.1 Å². The van der Waals surface area contributed by atoms with Gasteiger partial charge >= 0.3 is 0 Å². The first kappa shape index (κ1) is 17.7. The van der Waals surface area contributed by atoms with Crippen molar-refractivity contribution >= 4 is 12.2 Å². The third kappa shape index (κ3) is 4.95. The Labute approximate surface area is 142 Å². The number of hydrogen-bond acceptors (Lipinski definition) is 3. The third-order valence-electron chi connectivity index (χ3n) is 3.84. The van der Waals surface area contributed by atoms with Gasteiger partial charge in [0, 0.05) is 6.04 Å². The molecule has 0 aliphatic carbocycles. The molecule has 4 nitrogen and oxygen atoms in total. The molecule has 0 aliphatic heterocycles. The summed E-state index contributed by atoms with van der Waals surface area (Å²) in [6.07, 6.45) is 1.48. The van der Waals surface area contributed by atoms with Gasteiger partial charge in [-0.05, 0) is 50.5 Å². The first-order chi connectivity index (χ1) is 11.5. The van der Waals surface area contributed by atoms with Crippen LogP contribution in [0, 0.1) is 13.8 Å². The van der Waals surface area contributed by atoms with Crippen LogP contribution in [0.4, 0.5) is 0 Å². The molecule has 1 atom stereocenters. The molecule has 0 bridgehead atoms. The lowest BCUT2D eigenvalue weighted by Crippen LogP contribution is -2.37. The van der Waals surface area contributed by atoms with Gasteiger partial charge in [-0.1, -0.05) is 35.9 Å². The predicted molar refractivity (Wildman–Crippen MR) is 94.5 cm³/mol. The van der Waals surface area contributed by atoms with Gasteiger partial charge in [-0.3, -0.25) is 9.59 Å². The predicted octanol–water partition coefficient (Wildman–Crippen LogP) is 3.24. The van der Waals surface area contributed by atoms with Gasteiger partial charge in [0.25, 0.3) is 5.91 Å². The summed E-state index contributed by atoms with van der Waals surface area (Å²) in [5, 5.41) is 2.93. The zero-order valence-electron chi connectivity index (χ0n) is 14.3. The minimum absolute atomic E-state index is 0.00354. The average molecular weight is 325 g/mol. The molecule has 24 heavy (non-hydrogen) atoms. The molecule has 2 rings (SSSR count). The summed E-state index contributed by atoms with van der Waals surface area (Å²) in [5.41, 5.74) is 4.12. The van der Waals surface area contributed by atoms with Gasteiger partial charge in [0.1, 0.15) is 5.75 Å². The molecule has 4 heteroatoms. The number of hydrogen-bond donors (Lipinski definition) is 1. The lowest BCUT2D eigenvalue weighted by molar-refractivity contribution is -0.123. The highest BCUT2D eigenvalue weighted by molar-refractivity contribution is 5.80. The Morgan fingerprint density at radius 3 is 2.67 bits per heavy atom. The molecule has 2 aromatic rings. The van der Waals surface area contributed by atoms with Crippen molar-refractivity contribution in [1.29, 1.82) is 0 Å². The summed E-state index contributed by atoms with van der Waals surface area (Å²) in [6, 6.07) is 13.2. The van der Waals surface area contributed by atoms with E-state index < -0.39 is 0 Å². The average Bonchev–Trinajstić information content (AvgIpc) is 2.55. The van der Waals surface area contributed by atoms with Crippen LogP contribution in [0.5, 0.6) is 5.75 Å². The smallest absolute Gasteiger partial charge is 0.258 e. The molecule has 0 aliphatic rings. The highest BCUT2D eigenvalue weighted by atomic mass is 16.5. The number of carbonyl (C=O) groups excluding carboxylic acids is 2. The summed E-state index contributed by atoms with van der Waals surface area (Å²) in [5.74, 6) is 0.220. The Balaban J connectivity index is 1.86. The zero-order valence-corrected chi connectivity index (χ0v) is 14.3. The first-order valence-electron chi connectivity index (χ1n) is 8.02. The van der Waals surface area contributed by atoms with Crippen LogP contribution in [0.15, 0.2) is 42.5 Å². The molecule has 0 aromatic heterocycles. The van der Waals surface area contributed by atoms with Gasteiger partial charge in [0.15, 0.2) is 12.9 Å². The van der Waals surface area contributed by atoms with Crippen LogP contribution in [0.25, 0.3) is 0 Å². The highest BCUT2D eigenvalue weighted by Gasteiger charge is 2.11. The largest absolute Gasteiger partial charge is 0.483 e. The standard InChI is InChI=1S/C20H23NO3/c1-14-8-9-17(15(2)10-14)11-16(3)21-20(23)13-24-19-7-5-4-6-18(19)12-22/h4-10,12,16H,11,13H2,1-3H3,(H,21,23). The van der Waals surface area contributed by atoms with Gasteiger partial charge in [0.2, 0.25) is 0 Å². The summed E-state index contributed by atoms with van der Waals surface area (Å²) in [7, 11) is 0. The third-order valence-corrected chi connectivity index (χ3v) is 3.84. The number of ether oxygens (including phenoxy) is 1. The van der Waals surface area contributed by atoms with Crippen LogP contribution in [0.1, 0.15) is 34.0 Å². The number of carbonyl (C=O) groups is 2. The Morgan fingerprint density at radius 2 is 1.96 bits per heavy atom. The number of benzene rings is 2. The van der Waals surface area contributed by atoms with E-state index in [1.165, 1.54) is 16.7 Å². The normalized spacial score (nSPS) is 11.6. The number of rotatable bonds is 7. The molecule has 1 unspecified atom stereocenters. The molecule has 0 heterocycles. The van der Waals surface area contributed by atoms with Gasteiger partial charge in [-0.25, -0.2) is 0 Å². The molecular weight excluding hydrogens is 302 g/mol. The number of nitrogens with one attached hydrogen (secondary N) is 1. The van der Waals surface area contributed by atoms with Crippen molar-refractivity contribution in [2.45, 2.75) is 33.2 Å². The minimum atomic E-state index is -0.201. The lowest BCUT2D eigenvalue weighted by Gasteiger charge is -2.16. The molecule has 1 amide bonds. The van der Waals surface area contributed by atoms with E-state index in [9.17, 15) is 9.59 Å². The summed E-state index contributed by atoms with van der Waals surface area (Å²) in [6.45, 7) is 6.01. The lowest BCUT2D eigenvalue weighted by atomic mass is 10.00. The van der Waals surface area contributed by atoms with Gasteiger partial charge < -0.3 is 10.1 Å². The number of para-hydroxylation sites is 1. The van der Waals surface area contributed by atoms with Crippen LogP contribution in [0.3, 0.4) is 0 Å². The highest BCUT2D eigenvalue weighted by Crippen LogP contribution is 2.15. The van der Waals surface area contributed by atoms with Gasteiger partial charge in [-0.2, -0.15) is 0 Å². The Kier molecular flexibility index (Phi) is 6.13. The maximum Gasteiger partial charge on any atom is 0.258 e. The SMILES string of the molecule is Cc1ccc(CC(C)NC(=O)COc2ccccc2C=O)c(C)c1. The van der Waals surface area contributed by atoms with E-state index in [0.717, 1.165) is 12.7 Å². The summed E-state index contributed by atoms with van der Waals surface area (Å²) >= 11 is 0. The Bertz CT molecular complexity index is 725. The van der Waals surface area contributed by atoms with Crippen molar-refractivity contribution < 1.29 is 14.3 Å². The molecule has 0 radical (unpaired) electrons. The van der Waals surface area contributed by atoms with Crippen LogP contribution in [-0.2, 0) is 11.2 Å². The van der Waals surface area contributed by atoms with Gasteiger partial charge in [0.05, 0.1) is 5.56 Å². The number of aldehydes is 1. The maximum absolute atomic E-state index is 12.0. The molecular formula is C20H23NO3. The topological polar surface area (TPSA) is 55.4 Å². The fourth-order valence-electron chi connectivity index (χ4n) is 2.62. The van der Waals surface area contributed by atoms with Gasteiger partial charge in [-0.15, -0.1) is 0 Å². The Hall–Kier alpha value is -2.62. The van der Waals surface area contributed by atoms with Crippen molar-refractivity contribution in [1.82, 2.24) is 5.32 Å². The maximum atomic E-state index is 12.0. The van der Waals surface area contributed by atoms with Crippen molar-refractivity contribution in [3.05, 3.63) is 64.7 Å². The van der Waals surface area contributed by atoms with E-state index >= 15 is 0 Å². The second-order valence-corrected chi connectivity index (χ2v) is 6.05. The molecule has 0 saturated heterocycles. The van der Waals surface area contributed by atoms with E-state index in [1.54, 1.807) is 24.3 Å². The van der Waals surface area contributed by atoms with Crippen LogP contribution >= 0.6 is 0 Å². The van der Waals surface area contributed by atoms with Crippen molar-refractivity contribution in [2.75, 3.05) is 6.61 Å². The van der Waals surface area contributed by atoms with Crippen molar-refractivity contribution in [3.8, 4) is 5.75 Å². The fraction of sp³-hybridized carbons (Fsp3) is 0.300. The summed E-state index contributed by atoms with van der Waals surface area (Å²) < 4.78 is 5.44. The first-order valence-corrected chi connectivity index (χ1v) is 8.02. The molecule has 0 saturated carbocycles. The summed E-state index contributed by atoms with van der Waals surface area (Å²) in [4.78, 5) is 23.0. The monoisotopic (exact) mass is 325 g/mol. The molecule has 2 aromatic carbocycles. The fourth-order valence-corrected chi connectivity index (χ4v) is 2.62. The van der Waals surface area contributed by atoms with Crippen LogP contribution in [-0.4, -0.2) is 24.8 Å². The number of aryl methyl sites for hydroxylation is 2. The quantitative estimate of drug-likeness (QED) is 0.795. The van der Waals surface area contributed by atoms with Crippen LogP contribution in [0.2, 0.25) is 0 Å².